The van der Waals surface area contributed by atoms with Crippen LogP contribution in [0, 0.1) is 16.7 Å². The second-order valence-corrected chi connectivity index (χ2v) is 6.74. The summed E-state index contributed by atoms with van der Waals surface area (Å²) in [6.07, 6.45) is 9.46. The number of rotatable bonds is 3. The van der Waals surface area contributed by atoms with Crippen molar-refractivity contribution in [2.24, 2.45) is 12.5 Å². The molecule has 2 aliphatic rings. The minimum atomic E-state index is -0.821. The number of ether oxygens (including phenoxy) is 1. The van der Waals surface area contributed by atoms with E-state index in [9.17, 15) is 10.1 Å². The SMILES string of the molecule is Cn1cncc1[C@H]1C[C@H](NC(=O)C2(C#N)CCCCC2)CCO1. The topological polar surface area (TPSA) is 79.9 Å². The third-order valence-corrected chi connectivity index (χ3v) is 5.16. The van der Waals surface area contributed by atoms with Crippen molar-refractivity contribution in [3.63, 3.8) is 0 Å². The number of nitriles is 1. The average Bonchev–Trinajstić information content (AvgIpc) is 3.01. The lowest BCUT2D eigenvalue weighted by atomic mass is 9.74. The van der Waals surface area contributed by atoms with Crippen LogP contribution in [0.5, 0.6) is 0 Å². The molecule has 0 radical (unpaired) electrons. The second-order valence-electron chi connectivity index (χ2n) is 6.74. The van der Waals surface area contributed by atoms with Crippen LogP contribution in [0.2, 0.25) is 0 Å². The molecule has 1 amide bonds. The lowest BCUT2D eigenvalue weighted by molar-refractivity contribution is -0.131. The Balaban J connectivity index is 1.64. The Morgan fingerprint density at radius 3 is 2.91 bits per heavy atom. The van der Waals surface area contributed by atoms with Crippen LogP contribution >= 0.6 is 0 Å². The van der Waals surface area contributed by atoms with Crippen molar-refractivity contribution in [3.8, 4) is 6.07 Å². The van der Waals surface area contributed by atoms with Gasteiger partial charge in [-0.1, -0.05) is 19.3 Å². The van der Waals surface area contributed by atoms with E-state index in [1.807, 2.05) is 17.8 Å². The van der Waals surface area contributed by atoms with E-state index in [1.54, 1.807) is 6.33 Å². The molecule has 0 unspecified atom stereocenters. The van der Waals surface area contributed by atoms with Gasteiger partial charge in [-0.2, -0.15) is 5.26 Å². The van der Waals surface area contributed by atoms with Crippen molar-refractivity contribution in [1.82, 2.24) is 14.9 Å². The quantitative estimate of drug-likeness (QED) is 0.927. The Bertz CT molecular complexity index is 598. The highest BCUT2D eigenvalue weighted by Crippen LogP contribution is 2.36. The van der Waals surface area contributed by atoms with Gasteiger partial charge in [0.05, 0.1) is 24.3 Å². The van der Waals surface area contributed by atoms with Crippen LogP contribution in [0.25, 0.3) is 0 Å². The van der Waals surface area contributed by atoms with E-state index in [4.69, 9.17) is 4.74 Å². The number of imidazole rings is 1. The summed E-state index contributed by atoms with van der Waals surface area (Å²) in [6, 6.07) is 2.36. The van der Waals surface area contributed by atoms with Gasteiger partial charge in [0.2, 0.25) is 5.91 Å². The maximum Gasteiger partial charge on any atom is 0.240 e. The monoisotopic (exact) mass is 316 g/mol. The number of carbonyl (C=O) groups is 1. The summed E-state index contributed by atoms with van der Waals surface area (Å²) in [5.74, 6) is -0.0876. The van der Waals surface area contributed by atoms with Crippen molar-refractivity contribution in [2.45, 2.75) is 57.1 Å². The Kier molecular flexibility index (Phi) is 4.67. The zero-order chi connectivity index (χ0) is 16.3. The first-order valence-corrected chi connectivity index (χ1v) is 8.45. The van der Waals surface area contributed by atoms with Gasteiger partial charge in [-0.15, -0.1) is 0 Å². The van der Waals surface area contributed by atoms with Gasteiger partial charge in [-0.25, -0.2) is 4.98 Å². The van der Waals surface area contributed by atoms with Crippen LogP contribution in [-0.4, -0.2) is 28.1 Å². The van der Waals surface area contributed by atoms with Gasteiger partial charge in [0.1, 0.15) is 11.5 Å². The van der Waals surface area contributed by atoms with E-state index in [1.165, 1.54) is 0 Å². The minimum absolute atomic E-state index is 0.0501. The van der Waals surface area contributed by atoms with E-state index in [-0.39, 0.29) is 18.1 Å². The summed E-state index contributed by atoms with van der Waals surface area (Å²) in [5.41, 5.74) is 0.204. The van der Waals surface area contributed by atoms with Crippen molar-refractivity contribution in [2.75, 3.05) is 6.61 Å². The summed E-state index contributed by atoms with van der Waals surface area (Å²) >= 11 is 0. The predicted octanol–water partition coefficient (Wildman–Crippen LogP) is 2.23. The van der Waals surface area contributed by atoms with Gasteiger partial charge in [0, 0.05) is 19.7 Å². The van der Waals surface area contributed by atoms with Crippen LogP contribution < -0.4 is 5.32 Å². The molecule has 0 aromatic carbocycles. The first-order valence-electron chi connectivity index (χ1n) is 8.45. The van der Waals surface area contributed by atoms with Crippen molar-refractivity contribution in [1.29, 1.82) is 5.26 Å². The van der Waals surface area contributed by atoms with Gasteiger partial charge in [0.25, 0.3) is 0 Å². The zero-order valence-corrected chi connectivity index (χ0v) is 13.6. The van der Waals surface area contributed by atoms with Crippen LogP contribution in [-0.2, 0) is 16.6 Å². The second kappa shape index (κ2) is 6.71. The standard InChI is InChI=1S/C17H24N4O2/c1-21-12-19-10-14(21)15-9-13(5-8-23-15)20-16(22)17(11-18)6-3-2-4-7-17/h10,12-13,15H,2-9H2,1H3,(H,20,22)/t13-,15-/m1/s1. The third-order valence-electron chi connectivity index (χ3n) is 5.16. The molecule has 23 heavy (non-hydrogen) atoms. The van der Waals surface area contributed by atoms with Crippen molar-refractivity contribution < 1.29 is 9.53 Å². The number of carbonyl (C=O) groups excluding carboxylic acids is 1. The van der Waals surface area contributed by atoms with Crippen molar-refractivity contribution >= 4 is 5.91 Å². The first kappa shape index (κ1) is 16.0. The number of hydrogen-bond acceptors (Lipinski definition) is 4. The molecule has 1 N–H and O–H groups in total. The van der Waals surface area contributed by atoms with Crippen molar-refractivity contribution in [3.05, 3.63) is 18.2 Å². The molecule has 2 fully saturated rings. The summed E-state index contributed by atoms with van der Waals surface area (Å²) in [5, 5.41) is 12.7. The zero-order valence-electron chi connectivity index (χ0n) is 13.6. The number of aromatic nitrogens is 2. The molecule has 6 heteroatoms. The molecule has 2 heterocycles. The molecule has 1 aromatic rings. The third kappa shape index (κ3) is 3.25. The van der Waals surface area contributed by atoms with E-state index < -0.39 is 5.41 Å². The average molecular weight is 316 g/mol. The highest BCUT2D eigenvalue weighted by atomic mass is 16.5. The van der Waals surface area contributed by atoms with E-state index in [0.717, 1.165) is 37.8 Å². The highest BCUT2D eigenvalue weighted by molar-refractivity contribution is 5.85. The number of hydrogen-bond donors (Lipinski definition) is 1. The molecule has 0 bridgehead atoms. The molecule has 1 saturated carbocycles. The molecule has 1 aliphatic carbocycles. The maximum atomic E-state index is 12.7. The summed E-state index contributed by atoms with van der Waals surface area (Å²) in [7, 11) is 1.95. The Morgan fingerprint density at radius 2 is 2.26 bits per heavy atom. The number of nitrogens with zero attached hydrogens (tertiary/aromatic N) is 3. The van der Waals surface area contributed by atoms with Crippen LogP contribution in [0.4, 0.5) is 0 Å². The molecule has 124 valence electrons. The summed E-state index contributed by atoms with van der Waals surface area (Å²) in [4.78, 5) is 16.8. The molecule has 1 aromatic heterocycles. The first-order chi connectivity index (χ1) is 11.1. The molecule has 0 spiro atoms. The molecule has 2 atom stereocenters. The van der Waals surface area contributed by atoms with Gasteiger partial charge < -0.3 is 14.6 Å². The lowest BCUT2D eigenvalue weighted by Crippen LogP contribution is -2.48. The normalized spacial score (nSPS) is 27.1. The molecule has 6 nitrogen and oxygen atoms in total. The number of aryl methyl sites for hydroxylation is 1. The fourth-order valence-electron chi connectivity index (χ4n) is 3.68. The van der Waals surface area contributed by atoms with Crippen LogP contribution in [0.3, 0.4) is 0 Å². The fraction of sp³-hybridized carbons (Fsp3) is 0.706. The highest BCUT2D eigenvalue weighted by Gasteiger charge is 2.41. The smallest absolute Gasteiger partial charge is 0.240 e. The molecular formula is C17H24N4O2. The van der Waals surface area contributed by atoms with Gasteiger partial charge >= 0.3 is 0 Å². The predicted molar refractivity (Wildman–Crippen MR) is 84.2 cm³/mol. The van der Waals surface area contributed by atoms with E-state index >= 15 is 0 Å². The van der Waals surface area contributed by atoms with Gasteiger partial charge in [-0.05, 0) is 25.7 Å². The lowest BCUT2D eigenvalue weighted by Gasteiger charge is -2.34. The van der Waals surface area contributed by atoms with Crippen LogP contribution in [0.15, 0.2) is 12.5 Å². The van der Waals surface area contributed by atoms with Gasteiger partial charge in [-0.3, -0.25) is 4.79 Å². The largest absolute Gasteiger partial charge is 0.372 e. The maximum absolute atomic E-state index is 12.7. The van der Waals surface area contributed by atoms with Gasteiger partial charge in [0.15, 0.2) is 0 Å². The Labute approximate surface area is 136 Å². The molecule has 1 aliphatic heterocycles. The Morgan fingerprint density at radius 1 is 1.48 bits per heavy atom. The summed E-state index contributed by atoms with van der Waals surface area (Å²) < 4.78 is 7.79. The molecule has 3 rings (SSSR count). The molecular weight excluding hydrogens is 292 g/mol. The fourth-order valence-corrected chi connectivity index (χ4v) is 3.68. The van der Waals surface area contributed by atoms with E-state index in [2.05, 4.69) is 16.4 Å². The minimum Gasteiger partial charge on any atom is -0.372 e. The Hall–Kier alpha value is -1.87. The van der Waals surface area contributed by atoms with E-state index in [0.29, 0.717) is 19.4 Å². The summed E-state index contributed by atoms with van der Waals surface area (Å²) in [6.45, 7) is 0.611. The number of nitrogens with one attached hydrogen (secondary N) is 1. The number of amides is 1. The van der Waals surface area contributed by atoms with Crippen LogP contribution in [0.1, 0.15) is 56.7 Å². The molecule has 1 saturated heterocycles.